The molecule has 5 nitrogen and oxygen atoms in total. The van der Waals surface area contributed by atoms with Crippen LogP contribution >= 0.6 is 0 Å². The molecule has 5 heteroatoms. The smallest absolute Gasteiger partial charge is 0.124 e. The lowest BCUT2D eigenvalue weighted by Crippen LogP contribution is -2.35. The maximum absolute atomic E-state index is 9.49. The minimum absolute atomic E-state index is 0.399. The minimum atomic E-state index is -0.399. The van der Waals surface area contributed by atoms with Crippen LogP contribution in [0.15, 0.2) is 36.5 Å². The van der Waals surface area contributed by atoms with Crippen molar-refractivity contribution in [3.8, 4) is 0 Å². The van der Waals surface area contributed by atoms with E-state index in [0.717, 1.165) is 37.6 Å². The van der Waals surface area contributed by atoms with Gasteiger partial charge in [0.2, 0.25) is 0 Å². The van der Waals surface area contributed by atoms with Gasteiger partial charge in [-0.1, -0.05) is 24.3 Å². The number of benzene rings is 1. The predicted octanol–water partition coefficient (Wildman–Crippen LogP) is 1.77. The molecule has 1 aromatic heterocycles. The van der Waals surface area contributed by atoms with E-state index >= 15 is 0 Å². The Hall–Kier alpha value is -1.85. The third-order valence-electron chi connectivity index (χ3n) is 3.94. The summed E-state index contributed by atoms with van der Waals surface area (Å²) in [4.78, 5) is 0. The molecule has 0 aliphatic carbocycles. The number of hydrogen-bond acceptors (Lipinski definition) is 4. The quantitative estimate of drug-likeness (QED) is 0.784. The molecule has 21 heavy (non-hydrogen) atoms. The average molecular weight is 286 g/mol. The Morgan fingerprint density at radius 3 is 2.95 bits per heavy atom. The van der Waals surface area contributed by atoms with Crippen molar-refractivity contribution in [1.29, 1.82) is 0 Å². The largest absolute Gasteiger partial charge is 0.389 e. The molecule has 2 aromatic rings. The highest BCUT2D eigenvalue weighted by Gasteiger charge is 2.17. The molecule has 2 heterocycles. The molecule has 0 amide bonds. The van der Waals surface area contributed by atoms with Crippen LogP contribution in [0, 0.1) is 5.92 Å². The van der Waals surface area contributed by atoms with E-state index < -0.39 is 6.10 Å². The maximum atomic E-state index is 9.49. The van der Waals surface area contributed by atoms with Crippen molar-refractivity contribution in [1.82, 2.24) is 15.1 Å². The van der Waals surface area contributed by atoms with Crippen molar-refractivity contribution < 1.29 is 5.11 Å². The van der Waals surface area contributed by atoms with Crippen LogP contribution in [0.25, 0.3) is 0 Å². The molecule has 112 valence electrons. The molecule has 1 aromatic carbocycles. The Bertz CT molecular complexity index is 576. The molecular weight excluding hydrogens is 264 g/mol. The Kier molecular flexibility index (Phi) is 4.22. The van der Waals surface area contributed by atoms with Gasteiger partial charge in [-0.15, -0.1) is 0 Å². The third-order valence-corrected chi connectivity index (χ3v) is 3.94. The number of aliphatic hydroxyl groups is 1. The lowest BCUT2D eigenvalue weighted by molar-refractivity contribution is 0.199. The van der Waals surface area contributed by atoms with Gasteiger partial charge in [-0.3, -0.25) is 0 Å². The second-order valence-electron chi connectivity index (χ2n) is 5.69. The van der Waals surface area contributed by atoms with E-state index in [2.05, 4.69) is 27.9 Å². The van der Waals surface area contributed by atoms with E-state index in [1.54, 1.807) is 6.92 Å². The first-order valence-electron chi connectivity index (χ1n) is 7.45. The van der Waals surface area contributed by atoms with Gasteiger partial charge in [-0.05, 0) is 18.1 Å². The van der Waals surface area contributed by atoms with E-state index in [0.29, 0.717) is 5.92 Å². The van der Waals surface area contributed by atoms with Crippen LogP contribution in [0.2, 0.25) is 0 Å². The van der Waals surface area contributed by atoms with Gasteiger partial charge >= 0.3 is 0 Å². The first-order valence-corrected chi connectivity index (χ1v) is 7.45. The van der Waals surface area contributed by atoms with Gasteiger partial charge in [-0.25, -0.2) is 4.68 Å². The molecule has 0 saturated carbocycles. The van der Waals surface area contributed by atoms with Crippen molar-refractivity contribution in [3.63, 3.8) is 0 Å². The predicted molar refractivity (Wildman–Crippen MR) is 83.0 cm³/mol. The van der Waals surface area contributed by atoms with Crippen molar-refractivity contribution in [2.75, 3.05) is 18.4 Å². The Labute approximate surface area is 125 Å². The van der Waals surface area contributed by atoms with Crippen molar-refractivity contribution in [3.05, 3.63) is 47.7 Å². The highest BCUT2D eigenvalue weighted by Crippen LogP contribution is 2.16. The molecule has 0 spiro atoms. The van der Waals surface area contributed by atoms with Gasteiger partial charge in [0.15, 0.2) is 0 Å². The number of nitrogens with one attached hydrogen (secondary N) is 2. The summed E-state index contributed by atoms with van der Waals surface area (Å²) in [6.07, 6.45) is 1.44. The van der Waals surface area contributed by atoms with Crippen molar-refractivity contribution >= 4 is 5.82 Å². The second-order valence-corrected chi connectivity index (χ2v) is 5.69. The van der Waals surface area contributed by atoms with E-state index in [-0.39, 0.29) is 0 Å². The number of nitrogens with zero attached hydrogens (tertiary/aromatic N) is 2. The van der Waals surface area contributed by atoms with Crippen molar-refractivity contribution in [2.24, 2.45) is 5.92 Å². The molecule has 0 radical (unpaired) electrons. The average Bonchev–Trinajstić information content (AvgIpc) is 2.95. The topological polar surface area (TPSA) is 62.1 Å². The summed E-state index contributed by atoms with van der Waals surface area (Å²) in [7, 11) is 0. The van der Waals surface area contributed by atoms with E-state index in [9.17, 15) is 5.11 Å². The number of aliphatic hydroxyl groups excluding tert-OH is 1. The first-order chi connectivity index (χ1) is 10.2. The molecule has 3 N–H and O–H groups in total. The molecule has 2 atom stereocenters. The van der Waals surface area contributed by atoms with E-state index in [1.165, 1.54) is 5.56 Å². The maximum Gasteiger partial charge on any atom is 0.124 e. The van der Waals surface area contributed by atoms with Gasteiger partial charge < -0.3 is 15.7 Å². The number of anilines is 1. The minimum Gasteiger partial charge on any atom is -0.389 e. The zero-order chi connectivity index (χ0) is 14.7. The SMILES string of the molecule is C[C@@H](O)c1ccc(CNC[C@H]2CNc3ccnn3C2)cc1. The Morgan fingerprint density at radius 2 is 2.19 bits per heavy atom. The van der Waals surface area contributed by atoms with Crippen LogP contribution in [0.5, 0.6) is 0 Å². The molecule has 0 bridgehead atoms. The molecular formula is C16H22N4O. The van der Waals surface area contributed by atoms with Crippen LogP contribution in [0.4, 0.5) is 5.82 Å². The molecule has 0 fully saturated rings. The molecule has 0 unspecified atom stereocenters. The van der Waals surface area contributed by atoms with Crippen LogP contribution in [-0.2, 0) is 13.1 Å². The highest BCUT2D eigenvalue weighted by molar-refractivity contribution is 5.35. The highest BCUT2D eigenvalue weighted by atomic mass is 16.3. The fraction of sp³-hybridized carbons (Fsp3) is 0.438. The van der Waals surface area contributed by atoms with Gasteiger partial charge in [-0.2, -0.15) is 5.10 Å². The zero-order valence-corrected chi connectivity index (χ0v) is 12.3. The van der Waals surface area contributed by atoms with Crippen LogP contribution in [-0.4, -0.2) is 28.0 Å². The van der Waals surface area contributed by atoms with Gasteiger partial charge in [0, 0.05) is 38.2 Å². The number of aromatic nitrogens is 2. The number of fused-ring (bicyclic) bond motifs is 1. The van der Waals surface area contributed by atoms with Crippen LogP contribution < -0.4 is 10.6 Å². The fourth-order valence-electron chi connectivity index (χ4n) is 2.66. The monoisotopic (exact) mass is 286 g/mol. The zero-order valence-electron chi connectivity index (χ0n) is 12.3. The summed E-state index contributed by atoms with van der Waals surface area (Å²) in [5, 5.41) is 20.7. The van der Waals surface area contributed by atoms with Crippen LogP contribution in [0.3, 0.4) is 0 Å². The van der Waals surface area contributed by atoms with E-state index in [4.69, 9.17) is 0 Å². The molecule has 1 aliphatic heterocycles. The lowest BCUT2D eigenvalue weighted by Gasteiger charge is -2.25. The third kappa shape index (κ3) is 3.43. The van der Waals surface area contributed by atoms with Gasteiger partial charge in [0.1, 0.15) is 5.82 Å². The number of hydrogen-bond donors (Lipinski definition) is 3. The van der Waals surface area contributed by atoms with Gasteiger partial charge in [0.05, 0.1) is 12.3 Å². The summed E-state index contributed by atoms with van der Waals surface area (Å²) >= 11 is 0. The van der Waals surface area contributed by atoms with Gasteiger partial charge in [0.25, 0.3) is 0 Å². The standard InChI is InChI=1S/C16H22N4O/c1-12(21)15-4-2-13(3-5-15)8-17-9-14-10-18-16-6-7-19-20(16)11-14/h2-7,12,14,17-18,21H,8-11H2,1H3/t12-,14+/m1/s1. The van der Waals surface area contributed by atoms with Crippen LogP contribution in [0.1, 0.15) is 24.2 Å². The summed E-state index contributed by atoms with van der Waals surface area (Å²) in [5.41, 5.74) is 2.20. The Morgan fingerprint density at radius 1 is 1.38 bits per heavy atom. The fourth-order valence-corrected chi connectivity index (χ4v) is 2.66. The lowest BCUT2D eigenvalue weighted by atomic mass is 10.1. The molecule has 3 rings (SSSR count). The second kappa shape index (κ2) is 6.28. The molecule has 1 aliphatic rings. The number of rotatable bonds is 5. The molecule has 0 saturated heterocycles. The van der Waals surface area contributed by atoms with E-state index in [1.807, 2.05) is 29.1 Å². The summed E-state index contributed by atoms with van der Waals surface area (Å²) in [6, 6.07) is 10.1. The van der Waals surface area contributed by atoms with Crippen molar-refractivity contribution in [2.45, 2.75) is 26.1 Å². The summed E-state index contributed by atoms with van der Waals surface area (Å²) < 4.78 is 2.02. The normalized spacial score (nSPS) is 18.9. The summed E-state index contributed by atoms with van der Waals surface area (Å²) in [6.45, 7) is 5.54. The summed E-state index contributed by atoms with van der Waals surface area (Å²) in [5.74, 6) is 1.66. The Balaban J connectivity index is 1.46. The first kappa shape index (κ1) is 14.1.